The minimum absolute atomic E-state index is 0.0817. The van der Waals surface area contributed by atoms with Crippen LogP contribution in [0.5, 0.6) is 5.75 Å². The SMILES string of the molecule is CCOC(=O)C(=O)N1CCCN(Cc2cc(=O)c(OCc3ccc(C(C)(C)C)cc3)co2)CC1. The molecule has 2 aromatic rings. The smallest absolute Gasteiger partial charge is 0.397 e. The van der Waals surface area contributed by atoms with Crippen LogP contribution in [0.1, 0.15) is 51.0 Å². The molecule has 184 valence electrons. The summed E-state index contributed by atoms with van der Waals surface area (Å²) in [5.41, 5.74) is 2.06. The van der Waals surface area contributed by atoms with Gasteiger partial charge in [0.15, 0.2) is 0 Å². The summed E-state index contributed by atoms with van der Waals surface area (Å²) in [6, 6.07) is 9.61. The quantitative estimate of drug-likeness (QED) is 0.473. The van der Waals surface area contributed by atoms with Gasteiger partial charge in [-0.15, -0.1) is 0 Å². The molecule has 2 heterocycles. The lowest BCUT2D eigenvalue weighted by atomic mass is 9.87. The summed E-state index contributed by atoms with van der Waals surface area (Å²) in [6.45, 7) is 11.2. The Morgan fingerprint density at radius 1 is 1.06 bits per heavy atom. The van der Waals surface area contributed by atoms with E-state index in [1.165, 1.54) is 22.8 Å². The van der Waals surface area contributed by atoms with Crippen LogP contribution >= 0.6 is 0 Å². The Hall–Kier alpha value is -3.13. The van der Waals surface area contributed by atoms with E-state index in [-0.39, 0.29) is 29.8 Å². The molecule has 3 rings (SSSR count). The van der Waals surface area contributed by atoms with Crippen LogP contribution in [0.25, 0.3) is 0 Å². The first kappa shape index (κ1) is 25.5. The fourth-order valence-corrected chi connectivity index (χ4v) is 3.76. The highest BCUT2D eigenvalue weighted by Crippen LogP contribution is 2.22. The summed E-state index contributed by atoms with van der Waals surface area (Å²) < 4.78 is 16.2. The normalized spacial score (nSPS) is 15.0. The molecular formula is C26H34N2O6. The van der Waals surface area contributed by atoms with Crippen molar-refractivity contribution in [2.75, 3.05) is 32.8 Å². The molecule has 1 saturated heterocycles. The molecule has 0 saturated carbocycles. The maximum Gasteiger partial charge on any atom is 0.397 e. The number of carbonyl (C=O) groups excluding carboxylic acids is 2. The van der Waals surface area contributed by atoms with Gasteiger partial charge in [0.1, 0.15) is 18.6 Å². The van der Waals surface area contributed by atoms with Crippen molar-refractivity contribution in [1.29, 1.82) is 0 Å². The molecule has 1 aliphatic heterocycles. The predicted octanol–water partition coefficient (Wildman–Crippen LogP) is 3.11. The first-order chi connectivity index (χ1) is 16.2. The van der Waals surface area contributed by atoms with E-state index in [1.807, 2.05) is 12.1 Å². The number of hydrogen-bond acceptors (Lipinski definition) is 7. The van der Waals surface area contributed by atoms with Gasteiger partial charge in [-0.1, -0.05) is 45.0 Å². The second kappa shape index (κ2) is 11.3. The summed E-state index contributed by atoms with van der Waals surface area (Å²) in [5.74, 6) is -0.727. The molecule has 0 N–H and O–H groups in total. The molecule has 0 bridgehead atoms. The fraction of sp³-hybridized carbons (Fsp3) is 0.500. The number of esters is 1. The van der Waals surface area contributed by atoms with Crippen molar-refractivity contribution in [3.63, 3.8) is 0 Å². The summed E-state index contributed by atoms with van der Waals surface area (Å²) in [6.07, 6.45) is 2.07. The third-order valence-electron chi connectivity index (χ3n) is 5.77. The molecule has 1 fully saturated rings. The molecule has 0 unspecified atom stereocenters. The lowest BCUT2D eigenvalue weighted by Gasteiger charge is -2.21. The van der Waals surface area contributed by atoms with Gasteiger partial charge in [0.05, 0.1) is 13.2 Å². The van der Waals surface area contributed by atoms with Gasteiger partial charge in [0.2, 0.25) is 11.2 Å². The number of ether oxygens (including phenoxy) is 2. The zero-order chi connectivity index (χ0) is 24.7. The number of nitrogens with zero attached hydrogens (tertiary/aromatic N) is 2. The number of hydrogen-bond donors (Lipinski definition) is 0. The predicted molar refractivity (Wildman–Crippen MR) is 128 cm³/mol. The Morgan fingerprint density at radius 3 is 2.44 bits per heavy atom. The highest BCUT2D eigenvalue weighted by molar-refractivity contribution is 6.32. The van der Waals surface area contributed by atoms with E-state index in [4.69, 9.17) is 13.9 Å². The van der Waals surface area contributed by atoms with Crippen LogP contribution in [-0.2, 0) is 32.9 Å². The van der Waals surface area contributed by atoms with E-state index in [0.717, 1.165) is 12.1 Å². The van der Waals surface area contributed by atoms with Crippen LogP contribution in [0.3, 0.4) is 0 Å². The fourth-order valence-electron chi connectivity index (χ4n) is 3.76. The lowest BCUT2D eigenvalue weighted by Crippen LogP contribution is -2.40. The van der Waals surface area contributed by atoms with Crippen LogP contribution in [0, 0.1) is 0 Å². The molecule has 0 aliphatic carbocycles. The van der Waals surface area contributed by atoms with Gasteiger partial charge in [0, 0.05) is 32.2 Å². The van der Waals surface area contributed by atoms with Gasteiger partial charge in [-0.3, -0.25) is 14.5 Å². The molecule has 0 radical (unpaired) electrons. The molecule has 0 atom stereocenters. The van der Waals surface area contributed by atoms with Crippen molar-refractivity contribution in [2.24, 2.45) is 0 Å². The molecule has 1 aromatic carbocycles. The van der Waals surface area contributed by atoms with E-state index in [9.17, 15) is 14.4 Å². The highest BCUT2D eigenvalue weighted by atomic mass is 16.5. The first-order valence-electron chi connectivity index (χ1n) is 11.7. The zero-order valence-corrected chi connectivity index (χ0v) is 20.5. The van der Waals surface area contributed by atoms with Crippen molar-refractivity contribution >= 4 is 11.9 Å². The highest BCUT2D eigenvalue weighted by Gasteiger charge is 2.25. The van der Waals surface area contributed by atoms with Gasteiger partial charge < -0.3 is 18.8 Å². The average Bonchev–Trinajstić information content (AvgIpc) is 3.03. The first-order valence-corrected chi connectivity index (χ1v) is 11.7. The van der Waals surface area contributed by atoms with Crippen molar-refractivity contribution < 1.29 is 23.5 Å². The molecule has 0 spiro atoms. The monoisotopic (exact) mass is 470 g/mol. The van der Waals surface area contributed by atoms with Gasteiger partial charge >= 0.3 is 11.9 Å². The summed E-state index contributed by atoms with van der Waals surface area (Å²) in [5, 5.41) is 0. The van der Waals surface area contributed by atoms with E-state index >= 15 is 0 Å². The minimum Gasteiger partial charge on any atom is -0.482 e. The van der Waals surface area contributed by atoms with Crippen molar-refractivity contribution in [2.45, 2.75) is 52.7 Å². The Kier molecular flexibility index (Phi) is 8.50. The zero-order valence-electron chi connectivity index (χ0n) is 20.5. The topological polar surface area (TPSA) is 89.3 Å². The van der Waals surface area contributed by atoms with Gasteiger partial charge in [0.25, 0.3) is 0 Å². The van der Waals surface area contributed by atoms with E-state index < -0.39 is 11.9 Å². The summed E-state index contributed by atoms with van der Waals surface area (Å²) >= 11 is 0. The third kappa shape index (κ3) is 6.93. The van der Waals surface area contributed by atoms with Crippen LogP contribution in [0.4, 0.5) is 0 Å². The van der Waals surface area contributed by atoms with Crippen molar-refractivity contribution in [1.82, 2.24) is 9.80 Å². The summed E-state index contributed by atoms with van der Waals surface area (Å²) in [4.78, 5) is 40.0. The van der Waals surface area contributed by atoms with E-state index in [2.05, 4.69) is 37.8 Å². The largest absolute Gasteiger partial charge is 0.482 e. The van der Waals surface area contributed by atoms with Crippen molar-refractivity contribution in [3.05, 3.63) is 63.7 Å². The second-order valence-electron chi connectivity index (χ2n) is 9.45. The molecule has 1 aromatic heterocycles. The van der Waals surface area contributed by atoms with Crippen LogP contribution in [-0.4, -0.2) is 54.5 Å². The molecule has 1 aliphatic rings. The van der Waals surface area contributed by atoms with Crippen LogP contribution < -0.4 is 10.2 Å². The molecule has 8 heteroatoms. The Labute approximate surface area is 200 Å². The maximum absolute atomic E-state index is 12.5. The lowest BCUT2D eigenvalue weighted by molar-refractivity contribution is -0.159. The summed E-state index contributed by atoms with van der Waals surface area (Å²) in [7, 11) is 0. The number of amides is 1. The Morgan fingerprint density at radius 2 is 1.79 bits per heavy atom. The third-order valence-corrected chi connectivity index (χ3v) is 5.77. The number of carbonyl (C=O) groups is 2. The minimum atomic E-state index is -0.817. The molecule has 1 amide bonds. The molecular weight excluding hydrogens is 436 g/mol. The number of rotatable bonds is 6. The van der Waals surface area contributed by atoms with Crippen molar-refractivity contribution in [3.8, 4) is 5.75 Å². The van der Waals surface area contributed by atoms with Gasteiger partial charge in [-0.2, -0.15) is 0 Å². The van der Waals surface area contributed by atoms with Gasteiger partial charge in [-0.25, -0.2) is 4.79 Å². The van der Waals surface area contributed by atoms with Crippen LogP contribution in [0.2, 0.25) is 0 Å². The average molecular weight is 471 g/mol. The maximum atomic E-state index is 12.5. The Balaban J connectivity index is 1.53. The number of benzene rings is 1. The Bertz CT molecular complexity index is 1040. The van der Waals surface area contributed by atoms with Crippen LogP contribution in [0.15, 0.2) is 45.8 Å². The van der Waals surface area contributed by atoms with Gasteiger partial charge in [-0.05, 0) is 29.9 Å². The molecule has 8 nitrogen and oxygen atoms in total. The van der Waals surface area contributed by atoms with E-state index in [1.54, 1.807) is 6.92 Å². The molecule has 34 heavy (non-hydrogen) atoms. The van der Waals surface area contributed by atoms with E-state index in [0.29, 0.717) is 38.4 Å². The standard InChI is InChI=1S/C26H34N2O6/c1-5-32-25(31)24(30)28-12-6-11-27(13-14-28)16-21-15-22(29)23(18-33-21)34-17-19-7-9-20(10-8-19)26(2,3)4/h7-10,15,18H,5-6,11-14,16-17H2,1-4H3. The second-order valence-corrected chi connectivity index (χ2v) is 9.45.